The van der Waals surface area contributed by atoms with E-state index in [4.69, 9.17) is 0 Å². The minimum Gasteiger partial charge on any atom is -0.504 e. The van der Waals surface area contributed by atoms with Gasteiger partial charge in [0.25, 0.3) is 0 Å². The van der Waals surface area contributed by atoms with Crippen LogP contribution in [0.15, 0.2) is 18.2 Å². The van der Waals surface area contributed by atoms with Gasteiger partial charge in [0, 0.05) is 13.0 Å². The first-order valence-corrected chi connectivity index (χ1v) is 10.9. The third-order valence-corrected chi connectivity index (χ3v) is 5.03. The maximum atomic E-state index is 11.8. The van der Waals surface area contributed by atoms with Gasteiger partial charge in [0.1, 0.15) is 0 Å². The van der Waals surface area contributed by atoms with Gasteiger partial charge in [-0.1, -0.05) is 83.6 Å². The van der Waals surface area contributed by atoms with Gasteiger partial charge in [-0.2, -0.15) is 0 Å². The Morgan fingerprint density at radius 2 is 1.37 bits per heavy atom. The van der Waals surface area contributed by atoms with E-state index in [1.54, 1.807) is 6.07 Å². The van der Waals surface area contributed by atoms with Crippen LogP contribution in [0.1, 0.15) is 96.0 Å². The van der Waals surface area contributed by atoms with E-state index < -0.39 is 0 Å². The van der Waals surface area contributed by atoms with Gasteiger partial charge < -0.3 is 15.5 Å². The van der Waals surface area contributed by atoms with Crippen LogP contribution in [0.5, 0.6) is 11.5 Å². The molecule has 4 nitrogen and oxygen atoms in total. The highest BCUT2D eigenvalue weighted by atomic mass is 16.3. The number of carbonyl (C=O) groups is 1. The van der Waals surface area contributed by atoms with Crippen molar-refractivity contribution in [1.29, 1.82) is 0 Å². The first-order chi connectivity index (χ1) is 13.1. The van der Waals surface area contributed by atoms with Crippen molar-refractivity contribution in [2.75, 3.05) is 6.54 Å². The lowest BCUT2D eigenvalue weighted by Crippen LogP contribution is -2.25. The summed E-state index contributed by atoms with van der Waals surface area (Å²) in [4.78, 5) is 11.8. The summed E-state index contributed by atoms with van der Waals surface area (Å²) in [7, 11) is 0. The molecule has 0 aliphatic heterocycles. The van der Waals surface area contributed by atoms with Crippen LogP contribution in [0, 0.1) is 0 Å². The summed E-state index contributed by atoms with van der Waals surface area (Å²) >= 11 is 0. The standard InChI is InChI=1S/C23H39NO3/c1-2-3-4-5-6-7-8-9-10-11-12-13-14-23(27)24-18-17-20-15-16-21(25)22(26)19-20/h15-16,19,25-26H,2-14,17-18H2,1H3,(H,24,27). The first kappa shape index (κ1) is 23.3. The maximum absolute atomic E-state index is 11.8. The fourth-order valence-corrected chi connectivity index (χ4v) is 3.29. The van der Waals surface area contributed by atoms with Crippen LogP contribution in [0.25, 0.3) is 0 Å². The van der Waals surface area contributed by atoms with Crippen LogP contribution < -0.4 is 5.32 Å². The summed E-state index contributed by atoms with van der Waals surface area (Å²) in [6.45, 7) is 2.81. The topological polar surface area (TPSA) is 69.6 Å². The van der Waals surface area contributed by atoms with E-state index in [9.17, 15) is 15.0 Å². The molecule has 154 valence electrons. The Labute approximate surface area is 165 Å². The number of phenolic OH excluding ortho intramolecular Hbond substituents is 2. The van der Waals surface area contributed by atoms with E-state index in [0.29, 0.717) is 19.4 Å². The van der Waals surface area contributed by atoms with E-state index in [0.717, 1.165) is 18.4 Å². The molecule has 0 bridgehead atoms. The van der Waals surface area contributed by atoms with Crippen LogP contribution in [0.2, 0.25) is 0 Å². The summed E-state index contributed by atoms with van der Waals surface area (Å²) in [5.41, 5.74) is 0.899. The fourth-order valence-electron chi connectivity index (χ4n) is 3.29. The van der Waals surface area contributed by atoms with E-state index in [2.05, 4.69) is 12.2 Å². The molecule has 0 unspecified atom stereocenters. The van der Waals surface area contributed by atoms with Gasteiger partial charge in [-0.3, -0.25) is 4.79 Å². The Kier molecular flexibility index (Phi) is 13.3. The van der Waals surface area contributed by atoms with Crippen molar-refractivity contribution < 1.29 is 15.0 Å². The van der Waals surface area contributed by atoms with E-state index in [1.165, 1.54) is 76.3 Å². The highest BCUT2D eigenvalue weighted by Crippen LogP contribution is 2.24. The molecule has 0 aromatic heterocycles. The lowest BCUT2D eigenvalue weighted by Gasteiger charge is -2.06. The Bertz CT molecular complexity index is 516. The summed E-state index contributed by atoms with van der Waals surface area (Å²) < 4.78 is 0. The molecule has 27 heavy (non-hydrogen) atoms. The molecule has 0 aliphatic rings. The fraction of sp³-hybridized carbons (Fsp3) is 0.696. The molecule has 3 N–H and O–H groups in total. The van der Waals surface area contributed by atoms with E-state index in [-0.39, 0.29) is 17.4 Å². The number of hydrogen-bond acceptors (Lipinski definition) is 3. The van der Waals surface area contributed by atoms with Gasteiger partial charge in [0.05, 0.1) is 0 Å². The average molecular weight is 378 g/mol. The third-order valence-electron chi connectivity index (χ3n) is 5.03. The monoisotopic (exact) mass is 377 g/mol. The highest BCUT2D eigenvalue weighted by molar-refractivity contribution is 5.75. The summed E-state index contributed by atoms with van der Waals surface area (Å²) in [6, 6.07) is 4.76. The summed E-state index contributed by atoms with van der Waals surface area (Å²) in [5.74, 6) is -0.129. The zero-order chi connectivity index (χ0) is 19.7. The Morgan fingerprint density at radius 1 is 0.815 bits per heavy atom. The van der Waals surface area contributed by atoms with Gasteiger partial charge in [0.2, 0.25) is 5.91 Å². The van der Waals surface area contributed by atoms with Crippen LogP contribution in [-0.4, -0.2) is 22.7 Å². The number of carbonyl (C=O) groups excluding carboxylic acids is 1. The molecule has 0 heterocycles. The number of nitrogens with one attached hydrogen (secondary N) is 1. The van der Waals surface area contributed by atoms with E-state index >= 15 is 0 Å². The number of aromatic hydroxyl groups is 2. The number of unbranched alkanes of at least 4 members (excludes halogenated alkanes) is 11. The number of amides is 1. The van der Waals surface area contributed by atoms with Crippen molar-refractivity contribution in [3.63, 3.8) is 0 Å². The van der Waals surface area contributed by atoms with Crippen LogP contribution in [0.4, 0.5) is 0 Å². The molecule has 1 rings (SSSR count). The summed E-state index contributed by atoms with van der Waals surface area (Å²) in [6.07, 6.45) is 16.8. The molecule has 1 amide bonds. The van der Waals surface area contributed by atoms with Gasteiger partial charge in [-0.05, 0) is 30.5 Å². The predicted molar refractivity (Wildman–Crippen MR) is 112 cm³/mol. The van der Waals surface area contributed by atoms with Crippen LogP contribution in [0.3, 0.4) is 0 Å². The van der Waals surface area contributed by atoms with Crippen molar-refractivity contribution in [1.82, 2.24) is 5.32 Å². The Hall–Kier alpha value is -1.71. The second-order valence-corrected chi connectivity index (χ2v) is 7.56. The zero-order valence-corrected chi connectivity index (χ0v) is 17.1. The smallest absolute Gasteiger partial charge is 0.220 e. The molecule has 1 aromatic carbocycles. The molecule has 4 heteroatoms. The van der Waals surface area contributed by atoms with Crippen molar-refractivity contribution in [2.24, 2.45) is 0 Å². The first-order valence-electron chi connectivity index (χ1n) is 10.9. The number of benzene rings is 1. The Morgan fingerprint density at radius 3 is 1.93 bits per heavy atom. The molecule has 0 spiro atoms. The molecule has 0 aliphatic carbocycles. The third kappa shape index (κ3) is 12.3. The van der Waals surface area contributed by atoms with E-state index in [1.807, 2.05) is 0 Å². The molecular weight excluding hydrogens is 338 g/mol. The maximum Gasteiger partial charge on any atom is 0.220 e. The quantitative estimate of drug-likeness (QED) is 0.250. The normalized spacial score (nSPS) is 10.9. The lowest BCUT2D eigenvalue weighted by molar-refractivity contribution is -0.121. The molecule has 0 saturated carbocycles. The van der Waals surface area contributed by atoms with Crippen molar-refractivity contribution in [2.45, 2.75) is 96.8 Å². The van der Waals surface area contributed by atoms with Gasteiger partial charge in [-0.15, -0.1) is 0 Å². The lowest BCUT2D eigenvalue weighted by atomic mass is 10.0. The second kappa shape index (κ2) is 15.4. The van der Waals surface area contributed by atoms with Crippen LogP contribution >= 0.6 is 0 Å². The van der Waals surface area contributed by atoms with Gasteiger partial charge in [-0.25, -0.2) is 0 Å². The van der Waals surface area contributed by atoms with Gasteiger partial charge >= 0.3 is 0 Å². The molecule has 0 fully saturated rings. The minimum absolute atomic E-state index is 0.102. The van der Waals surface area contributed by atoms with Crippen molar-refractivity contribution >= 4 is 5.91 Å². The van der Waals surface area contributed by atoms with Crippen molar-refractivity contribution in [3.05, 3.63) is 23.8 Å². The minimum atomic E-state index is -0.116. The van der Waals surface area contributed by atoms with Crippen LogP contribution in [-0.2, 0) is 11.2 Å². The molecule has 1 aromatic rings. The largest absolute Gasteiger partial charge is 0.504 e. The average Bonchev–Trinajstić information content (AvgIpc) is 2.65. The second-order valence-electron chi connectivity index (χ2n) is 7.56. The SMILES string of the molecule is CCCCCCCCCCCCCCC(=O)NCCc1ccc(O)c(O)c1. The molecule has 0 atom stereocenters. The molecule has 0 saturated heterocycles. The number of rotatable bonds is 16. The number of phenols is 2. The van der Waals surface area contributed by atoms with Crippen molar-refractivity contribution in [3.8, 4) is 11.5 Å². The summed E-state index contributed by atoms with van der Waals surface area (Å²) in [5, 5.41) is 21.6. The number of hydrogen-bond donors (Lipinski definition) is 3. The molecule has 0 radical (unpaired) electrons. The molecular formula is C23H39NO3. The Balaban J connectivity index is 1.89. The predicted octanol–water partition coefficient (Wildman–Crippen LogP) is 5.85. The van der Waals surface area contributed by atoms with Gasteiger partial charge in [0.15, 0.2) is 11.5 Å². The zero-order valence-electron chi connectivity index (χ0n) is 17.1. The highest BCUT2D eigenvalue weighted by Gasteiger charge is 2.03.